The van der Waals surface area contributed by atoms with Gasteiger partial charge in [0, 0.05) is 117 Å². The van der Waals surface area contributed by atoms with Crippen LogP contribution in [0.4, 0.5) is 0 Å². The number of aryl methyl sites for hydroxylation is 18. The highest BCUT2D eigenvalue weighted by atomic mass is 16.3. The Morgan fingerprint density at radius 1 is 0.239 bits per heavy atom. The zero-order chi connectivity index (χ0) is 92.2. The van der Waals surface area contributed by atoms with Gasteiger partial charge in [-0.2, -0.15) is 0 Å². The standard InChI is InChI=1S/C22H24N.2C21H22N.C20H20N.C19H16NO/c1-15-12-22(23(5)14-18(15)4)21-13-20(16(2)11-17(21)3)19-9-7-6-8-10-19;1-15-10-11-19(18-8-6-5-7-9-18)13-20(15)21-12-16(2)17(3)14-22(21)4;1-15-10-11-21(22(4)14-15)20-13-19(16(2)12-17(20)3)18-8-6-5-7-9-18;1-15-13-16(2)19(20-11-7-8-12-21(20)3)14-18(15)17-9-5-4-6-10-17;1-13-10-11-15-14-7-3-4-9-17(14)21-19(15)18(13)16-8-5-6-12-20(16)2/h6-14H,1-5H3;2*5-14H,1-4H3;4-14H,1-3H3;3-12H,1-2H3/q5*+1/i2D3,4D3;3D3;1D3,2D3;1D3;. The maximum absolute atomic E-state index is 7.97. The minimum Gasteiger partial charge on any atom is -0.455 e. The highest BCUT2D eigenvalue weighted by molar-refractivity contribution is 6.09. The molecule has 0 atom stereocenters. The molecular weight excluding hydrogens is 1320 g/mol. The first kappa shape index (κ1) is 56.1. The molecule has 0 aliphatic heterocycles. The molecule has 0 fully saturated rings. The molecule has 0 amide bonds. The zero-order valence-corrected chi connectivity index (χ0v) is 64.0. The summed E-state index contributed by atoms with van der Waals surface area (Å²) in [4.78, 5) is 0. The molecule has 10 aromatic carbocycles. The first-order valence-electron chi connectivity index (χ1n) is 45.4. The summed E-state index contributed by atoms with van der Waals surface area (Å²) in [6.45, 7) is 0.508. The van der Waals surface area contributed by atoms with Gasteiger partial charge in [0.25, 0.3) is 0 Å². The number of rotatable bonds is 9. The summed E-state index contributed by atoms with van der Waals surface area (Å²) in [6, 6.07) is 88.3. The summed E-state index contributed by atoms with van der Waals surface area (Å²) in [5.41, 5.74) is 27.3. The van der Waals surface area contributed by atoms with Gasteiger partial charge in [-0.25, -0.2) is 22.8 Å². The number of hydrogen-bond donors (Lipinski definition) is 0. The fourth-order valence-corrected chi connectivity index (χ4v) is 13.9. The van der Waals surface area contributed by atoms with Gasteiger partial charge in [-0.3, -0.25) is 0 Å². The number of aromatic nitrogens is 5. The first-order valence-corrected chi connectivity index (χ1v) is 36.4. The molecule has 6 nitrogen and oxygen atoms in total. The Balaban J connectivity index is 0.000000145. The smallest absolute Gasteiger partial charge is 0.216 e. The molecule has 0 radical (unpaired) electrons. The van der Waals surface area contributed by atoms with Crippen molar-refractivity contribution in [2.45, 2.75) is 89.6 Å². The number of pyridine rings is 5. The Kier molecular flexibility index (Phi) is 17.6. The highest BCUT2D eigenvalue weighted by Crippen LogP contribution is 2.39. The third-order valence-corrected chi connectivity index (χ3v) is 20.0. The van der Waals surface area contributed by atoms with Gasteiger partial charge < -0.3 is 4.42 Å². The van der Waals surface area contributed by atoms with E-state index in [1.54, 1.807) is 72.0 Å². The molecule has 6 heteroatoms. The molecule has 0 N–H and O–H groups in total. The van der Waals surface area contributed by atoms with Crippen molar-refractivity contribution >= 4 is 21.9 Å². The second-order valence-electron chi connectivity index (χ2n) is 27.9. The van der Waals surface area contributed by atoms with Crippen molar-refractivity contribution in [2.24, 2.45) is 35.2 Å². The summed E-state index contributed by atoms with van der Waals surface area (Å²) >= 11 is 0. The van der Waals surface area contributed by atoms with Crippen LogP contribution in [0, 0.1) is 89.6 Å². The van der Waals surface area contributed by atoms with Crippen LogP contribution in [-0.2, 0) is 35.2 Å². The van der Waals surface area contributed by atoms with Gasteiger partial charge in [0.1, 0.15) is 46.4 Å². The Hall–Kier alpha value is -12.3. The predicted molar refractivity (Wildman–Crippen MR) is 456 cm³/mol. The van der Waals surface area contributed by atoms with Gasteiger partial charge in [-0.1, -0.05) is 182 Å². The van der Waals surface area contributed by atoms with E-state index in [-0.39, 0.29) is 5.56 Å². The van der Waals surface area contributed by atoms with Gasteiger partial charge in [-0.05, 0) is 238 Å². The average molecular weight is 1450 g/mol. The van der Waals surface area contributed by atoms with Crippen molar-refractivity contribution in [1.29, 1.82) is 0 Å². The van der Waals surface area contributed by atoms with Crippen molar-refractivity contribution in [2.75, 3.05) is 0 Å². The van der Waals surface area contributed by atoms with Crippen molar-refractivity contribution in [1.82, 2.24) is 0 Å². The predicted octanol–water partition coefficient (Wildman–Crippen LogP) is 23.5. The molecule has 0 spiro atoms. The number of hydrogen-bond acceptors (Lipinski definition) is 1. The molecule has 16 aromatic rings. The summed E-state index contributed by atoms with van der Waals surface area (Å²) < 4.78 is 156. The first-order chi connectivity index (χ1) is 59.8. The Bertz CT molecular complexity index is 6670. The lowest BCUT2D eigenvalue weighted by Gasteiger charge is -2.12. The largest absolute Gasteiger partial charge is 0.455 e. The third-order valence-electron chi connectivity index (χ3n) is 20.0. The lowest BCUT2D eigenvalue weighted by atomic mass is 9.93. The van der Waals surface area contributed by atoms with E-state index < -0.39 is 41.1 Å². The van der Waals surface area contributed by atoms with E-state index >= 15 is 0 Å². The number of furan rings is 1. The molecule has 0 unspecified atom stereocenters. The Morgan fingerprint density at radius 3 is 1.10 bits per heavy atom. The quantitative estimate of drug-likeness (QED) is 0.133. The lowest BCUT2D eigenvalue weighted by molar-refractivity contribution is -0.660. The topological polar surface area (TPSA) is 32.5 Å². The van der Waals surface area contributed by atoms with E-state index in [0.717, 1.165) is 112 Å². The van der Waals surface area contributed by atoms with Crippen LogP contribution in [0.2, 0.25) is 0 Å². The maximum Gasteiger partial charge on any atom is 0.216 e. The van der Waals surface area contributed by atoms with Gasteiger partial charge in [0.05, 0.1) is 5.56 Å². The monoisotopic (exact) mass is 1440 g/mol. The summed E-state index contributed by atoms with van der Waals surface area (Å²) in [7, 11) is 9.57. The minimum absolute atomic E-state index is 0.263. The molecule has 0 saturated carbocycles. The molecule has 0 aliphatic rings. The summed E-state index contributed by atoms with van der Waals surface area (Å²) in [6.07, 6.45) is 9.02. The molecule has 542 valence electrons. The molecule has 109 heavy (non-hydrogen) atoms. The van der Waals surface area contributed by atoms with Crippen molar-refractivity contribution in [3.05, 3.63) is 376 Å². The Morgan fingerprint density at radius 2 is 0.642 bits per heavy atom. The van der Waals surface area contributed by atoms with Crippen LogP contribution in [-0.4, -0.2) is 0 Å². The van der Waals surface area contributed by atoms with Crippen molar-refractivity contribution < 1.29 is 51.9 Å². The van der Waals surface area contributed by atoms with E-state index in [1.165, 1.54) is 33.2 Å². The number of para-hydroxylation sites is 1. The fraction of sp³-hybridized carbons (Fsp3) is 0.175. The fourth-order valence-electron chi connectivity index (χ4n) is 13.9. The number of nitrogens with zero attached hydrogens (tertiary/aromatic N) is 5. The van der Waals surface area contributed by atoms with Crippen molar-refractivity contribution in [3.8, 4) is 101 Å². The average Bonchev–Trinajstić information content (AvgIpc) is 1.76. The number of fused-ring (bicyclic) bond motifs is 3. The van der Waals surface area contributed by atoms with Gasteiger partial charge in [0.15, 0.2) is 31.0 Å². The third kappa shape index (κ3) is 17.4. The minimum atomic E-state index is -2.24. The van der Waals surface area contributed by atoms with Crippen molar-refractivity contribution in [3.63, 3.8) is 0 Å². The molecule has 6 aromatic heterocycles. The van der Waals surface area contributed by atoms with E-state index in [0.29, 0.717) is 44.5 Å². The van der Waals surface area contributed by atoms with Crippen LogP contribution >= 0.6 is 0 Å². The molecule has 0 aliphatic carbocycles. The Labute approximate surface area is 672 Å². The van der Waals surface area contributed by atoms with Crippen LogP contribution in [0.25, 0.3) is 123 Å². The summed E-state index contributed by atoms with van der Waals surface area (Å²) in [5.74, 6) is 0. The van der Waals surface area contributed by atoms with Crippen LogP contribution < -0.4 is 22.8 Å². The lowest BCUT2D eigenvalue weighted by Crippen LogP contribution is -2.31. The normalized spacial score (nSPS) is 14.0. The van der Waals surface area contributed by atoms with E-state index in [1.807, 2.05) is 240 Å². The second kappa shape index (κ2) is 34.1. The SMILES string of the molecule is Cc1ccc2c(oc3ccccc32)c1-c1cccc[n+]1C.[2H]C([2H])([2H])c1c[n+](C)c(-c2cc(-c3ccccc3)c(C([2H])([2H])[2H])cc2C)cc1C.[2H]C([2H])([2H])c1c[n+](C)c(-c2cc(-c3ccccc3)ccc2C)cc1C.[2H]C([2H])([2H])c1cc(C)c(-c2cccc[n+]2C)cc1-c1ccccc1.[2H]C([2H])([2H])c1ccc(-c2cc(-c3ccccc3)c(C([2H])([2H])[2H])cc2C)[n+](C)c1. The van der Waals surface area contributed by atoms with Gasteiger partial charge in [0.2, 0.25) is 28.5 Å². The van der Waals surface area contributed by atoms with E-state index in [9.17, 15) is 0 Å². The second-order valence-corrected chi connectivity index (χ2v) is 27.9. The van der Waals surface area contributed by atoms with Crippen LogP contribution in [0.1, 0.15) is 97.0 Å². The van der Waals surface area contributed by atoms with Crippen LogP contribution in [0.5, 0.6) is 0 Å². The van der Waals surface area contributed by atoms with E-state index in [4.69, 9.17) is 29.1 Å². The van der Waals surface area contributed by atoms with E-state index in [2.05, 4.69) is 98.4 Å². The molecule has 16 rings (SSSR count). The summed E-state index contributed by atoms with van der Waals surface area (Å²) in [5, 5.41) is 2.35. The molecule has 0 saturated heterocycles. The van der Waals surface area contributed by atoms with Gasteiger partial charge >= 0.3 is 0 Å². The van der Waals surface area contributed by atoms with Crippen LogP contribution in [0.15, 0.2) is 308 Å². The van der Waals surface area contributed by atoms with Crippen LogP contribution in [0.3, 0.4) is 0 Å². The zero-order valence-electron chi connectivity index (χ0n) is 82.0. The highest BCUT2D eigenvalue weighted by Gasteiger charge is 2.23. The maximum atomic E-state index is 7.97. The van der Waals surface area contributed by atoms with Gasteiger partial charge in [-0.15, -0.1) is 0 Å². The molecule has 6 heterocycles. The molecule has 0 bridgehead atoms. The number of benzene rings is 10. The molecular formula is C103H104N5O+5.